The van der Waals surface area contributed by atoms with E-state index < -0.39 is 5.97 Å². The quantitative estimate of drug-likeness (QED) is 0.890. The number of hydrogen-bond donors (Lipinski definition) is 1. The van der Waals surface area contributed by atoms with Gasteiger partial charge in [0.25, 0.3) is 0 Å². The predicted molar refractivity (Wildman–Crippen MR) is 93.2 cm³/mol. The van der Waals surface area contributed by atoms with E-state index in [0.29, 0.717) is 34.7 Å². The average Bonchev–Trinajstić information content (AvgIpc) is 2.54. The Morgan fingerprint density at radius 1 is 1.13 bits per heavy atom. The van der Waals surface area contributed by atoms with Gasteiger partial charge in [0.15, 0.2) is 0 Å². The first kappa shape index (κ1) is 17.2. The van der Waals surface area contributed by atoms with Gasteiger partial charge in [0.05, 0.1) is 22.5 Å². The fourth-order valence-electron chi connectivity index (χ4n) is 2.63. The van der Waals surface area contributed by atoms with Crippen molar-refractivity contribution in [2.45, 2.75) is 27.2 Å². The Morgan fingerprint density at radius 3 is 2.30 bits per heavy atom. The molecule has 2 rings (SSSR count). The first-order valence-electron chi connectivity index (χ1n) is 7.50. The molecule has 1 aromatic heterocycles. The zero-order chi connectivity index (χ0) is 17.0. The summed E-state index contributed by atoms with van der Waals surface area (Å²) in [6.45, 7) is 5.53. The number of pyridine rings is 1. The van der Waals surface area contributed by atoms with Crippen molar-refractivity contribution in [3.05, 3.63) is 52.7 Å². The number of rotatable bonds is 5. The summed E-state index contributed by atoms with van der Waals surface area (Å²) in [5.41, 5.74) is 2.88. The standard InChI is InChI=1S/C18H19NO3S/c1-4-13-14(18(22)23-5-2)11(3)19-16(15(13)17(20)21)12-9-7-6-8-10-12/h6-10H,4-5H2,1-3H3,(H,20,21). The summed E-state index contributed by atoms with van der Waals surface area (Å²) >= 11 is 1.18. The second-order valence-electron chi connectivity index (χ2n) is 5.02. The molecule has 0 saturated carbocycles. The van der Waals surface area contributed by atoms with Crippen molar-refractivity contribution in [1.29, 1.82) is 0 Å². The van der Waals surface area contributed by atoms with Crippen LogP contribution in [0.1, 0.15) is 45.8 Å². The molecule has 23 heavy (non-hydrogen) atoms. The molecular formula is C18H19NO3S. The Balaban J connectivity index is 2.79. The third-order valence-electron chi connectivity index (χ3n) is 3.58. The van der Waals surface area contributed by atoms with Crippen LogP contribution in [0.5, 0.6) is 0 Å². The van der Waals surface area contributed by atoms with Crippen LogP contribution in [0.15, 0.2) is 30.3 Å². The van der Waals surface area contributed by atoms with E-state index in [2.05, 4.69) is 4.98 Å². The molecule has 4 nitrogen and oxygen atoms in total. The molecule has 5 heteroatoms. The van der Waals surface area contributed by atoms with E-state index in [1.165, 1.54) is 11.8 Å². The van der Waals surface area contributed by atoms with E-state index in [1.54, 1.807) is 6.92 Å². The number of carboxylic acid groups (broad SMARTS) is 1. The molecule has 0 saturated heterocycles. The summed E-state index contributed by atoms with van der Waals surface area (Å²) in [5, 5.41) is 9.59. The van der Waals surface area contributed by atoms with E-state index in [9.17, 15) is 14.7 Å². The summed E-state index contributed by atoms with van der Waals surface area (Å²) in [6, 6.07) is 9.21. The first-order valence-corrected chi connectivity index (χ1v) is 8.49. The number of aromatic carboxylic acids is 1. The van der Waals surface area contributed by atoms with Gasteiger partial charge in [0.1, 0.15) is 0 Å². The molecule has 0 aliphatic heterocycles. The normalized spacial score (nSPS) is 10.6. The van der Waals surface area contributed by atoms with E-state index >= 15 is 0 Å². The molecule has 2 aromatic rings. The van der Waals surface area contributed by atoms with Crippen LogP contribution in [-0.4, -0.2) is 26.9 Å². The summed E-state index contributed by atoms with van der Waals surface area (Å²) in [4.78, 5) is 28.7. The van der Waals surface area contributed by atoms with Gasteiger partial charge in [-0.1, -0.05) is 55.9 Å². The molecule has 1 aromatic carbocycles. The molecule has 0 bridgehead atoms. The molecule has 0 radical (unpaired) electrons. The highest BCUT2D eigenvalue weighted by atomic mass is 32.2. The molecule has 1 heterocycles. The number of aromatic nitrogens is 1. The number of carboxylic acids is 1. The van der Waals surface area contributed by atoms with Crippen molar-refractivity contribution in [3.8, 4) is 11.3 Å². The molecular weight excluding hydrogens is 310 g/mol. The average molecular weight is 329 g/mol. The van der Waals surface area contributed by atoms with Gasteiger partial charge < -0.3 is 5.11 Å². The molecule has 0 atom stereocenters. The number of aryl methyl sites for hydroxylation is 1. The van der Waals surface area contributed by atoms with Gasteiger partial charge in [-0.05, 0) is 24.7 Å². The van der Waals surface area contributed by atoms with Gasteiger partial charge in [-0.25, -0.2) is 4.79 Å². The lowest BCUT2D eigenvalue weighted by Gasteiger charge is -2.16. The summed E-state index contributed by atoms with van der Waals surface area (Å²) in [6.07, 6.45) is 0.468. The van der Waals surface area contributed by atoms with Crippen molar-refractivity contribution in [3.63, 3.8) is 0 Å². The van der Waals surface area contributed by atoms with Crippen LogP contribution < -0.4 is 0 Å². The smallest absolute Gasteiger partial charge is 0.338 e. The highest BCUT2D eigenvalue weighted by Gasteiger charge is 2.25. The fraction of sp³-hybridized carbons (Fsp3) is 0.278. The van der Waals surface area contributed by atoms with Crippen LogP contribution in [0, 0.1) is 6.92 Å². The number of nitrogens with zero attached hydrogens (tertiary/aromatic N) is 1. The lowest BCUT2D eigenvalue weighted by Crippen LogP contribution is -2.14. The van der Waals surface area contributed by atoms with E-state index in [0.717, 1.165) is 5.56 Å². The largest absolute Gasteiger partial charge is 0.478 e. The zero-order valence-electron chi connectivity index (χ0n) is 13.4. The lowest BCUT2D eigenvalue weighted by molar-refractivity contribution is 0.0696. The maximum Gasteiger partial charge on any atom is 0.338 e. The Hall–Kier alpha value is -2.14. The first-order chi connectivity index (χ1) is 11.0. The topological polar surface area (TPSA) is 67.3 Å². The van der Waals surface area contributed by atoms with Gasteiger partial charge in [0.2, 0.25) is 5.12 Å². The SMILES string of the molecule is CCSC(=O)c1c(C)nc(-c2ccccc2)c(C(=O)O)c1CC. The summed E-state index contributed by atoms with van der Waals surface area (Å²) < 4.78 is 0. The van der Waals surface area contributed by atoms with Crippen LogP contribution in [0.4, 0.5) is 0 Å². The van der Waals surface area contributed by atoms with Crippen molar-refractivity contribution in [1.82, 2.24) is 4.98 Å². The van der Waals surface area contributed by atoms with Gasteiger partial charge in [-0.2, -0.15) is 0 Å². The van der Waals surface area contributed by atoms with Gasteiger partial charge in [0, 0.05) is 5.56 Å². The van der Waals surface area contributed by atoms with Crippen molar-refractivity contribution >= 4 is 22.8 Å². The van der Waals surface area contributed by atoms with Crippen LogP contribution in [-0.2, 0) is 6.42 Å². The van der Waals surface area contributed by atoms with Crippen molar-refractivity contribution < 1.29 is 14.7 Å². The maximum absolute atomic E-state index is 12.4. The molecule has 1 N–H and O–H groups in total. The molecule has 0 unspecified atom stereocenters. The molecule has 0 aliphatic rings. The highest BCUT2D eigenvalue weighted by Crippen LogP contribution is 2.31. The number of carbonyl (C=O) groups is 2. The summed E-state index contributed by atoms with van der Waals surface area (Å²) in [7, 11) is 0. The van der Waals surface area contributed by atoms with E-state index in [1.807, 2.05) is 44.2 Å². The number of carbonyl (C=O) groups excluding carboxylic acids is 1. The third-order valence-corrected chi connectivity index (χ3v) is 4.33. The van der Waals surface area contributed by atoms with Gasteiger partial charge >= 0.3 is 5.97 Å². The Labute approximate surface area is 140 Å². The third kappa shape index (κ3) is 3.45. The second kappa shape index (κ2) is 7.42. The monoisotopic (exact) mass is 329 g/mol. The van der Waals surface area contributed by atoms with Crippen molar-refractivity contribution in [2.75, 3.05) is 5.75 Å². The van der Waals surface area contributed by atoms with Crippen LogP contribution >= 0.6 is 11.8 Å². The fourth-order valence-corrected chi connectivity index (χ4v) is 3.31. The highest BCUT2D eigenvalue weighted by molar-refractivity contribution is 8.14. The Morgan fingerprint density at radius 2 is 1.78 bits per heavy atom. The zero-order valence-corrected chi connectivity index (χ0v) is 14.2. The Bertz CT molecular complexity index is 742. The number of thioether (sulfide) groups is 1. The number of hydrogen-bond acceptors (Lipinski definition) is 4. The second-order valence-corrected chi connectivity index (χ2v) is 6.26. The maximum atomic E-state index is 12.4. The van der Waals surface area contributed by atoms with Crippen molar-refractivity contribution in [2.24, 2.45) is 0 Å². The molecule has 0 spiro atoms. The summed E-state index contributed by atoms with van der Waals surface area (Å²) in [5.74, 6) is -0.409. The van der Waals surface area contributed by atoms with E-state index in [-0.39, 0.29) is 10.7 Å². The number of benzene rings is 1. The Kier molecular flexibility index (Phi) is 5.55. The minimum absolute atomic E-state index is 0.114. The molecule has 0 aliphatic carbocycles. The molecule has 0 amide bonds. The van der Waals surface area contributed by atoms with Crippen LogP contribution in [0.2, 0.25) is 0 Å². The van der Waals surface area contributed by atoms with Crippen LogP contribution in [0.25, 0.3) is 11.3 Å². The van der Waals surface area contributed by atoms with Gasteiger partial charge in [-0.3, -0.25) is 9.78 Å². The van der Waals surface area contributed by atoms with Gasteiger partial charge in [-0.15, -0.1) is 0 Å². The minimum Gasteiger partial charge on any atom is -0.478 e. The molecule has 120 valence electrons. The van der Waals surface area contributed by atoms with Crippen LogP contribution in [0.3, 0.4) is 0 Å². The molecule has 0 fully saturated rings. The predicted octanol–water partition coefficient (Wildman–Crippen LogP) is 4.21. The van der Waals surface area contributed by atoms with E-state index in [4.69, 9.17) is 0 Å². The lowest BCUT2D eigenvalue weighted by atomic mass is 9.94. The minimum atomic E-state index is -1.05.